The molecule has 2 heteroatoms. The molecule has 0 aliphatic carbocycles. The highest BCUT2D eigenvalue weighted by Gasteiger charge is 1.93. The van der Waals surface area contributed by atoms with Crippen LogP contribution in [-0.2, 0) is 0 Å². The van der Waals surface area contributed by atoms with Crippen LogP contribution in [0.1, 0.15) is 0 Å². The van der Waals surface area contributed by atoms with Crippen molar-refractivity contribution in [3.63, 3.8) is 0 Å². The van der Waals surface area contributed by atoms with Crippen molar-refractivity contribution in [3.8, 4) is 0 Å². The first-order valence-corrected chi connectivity index (χ1v) is 2.71. The van der Waals surface area contributed by atoms with Crippen LogP contribution in [0.3, 0.4) is 0 Å². The van der Waals surface area contributed by atoms with E-state index in [9.17, 15) is 0 Å². The van der Waals surface area contributed by atoms with Gasteiger partial charge in [0, 0.05) is 0 Å². The average Bonchev–Trinajstić information content (AvgIpc) is 1.69. The lowest BCUT2D eigenvalue weighted by molar-refractivity contribution is 0.340. The molecular weight excluding hydrogens is 88.1 g/mol. The summed E-state index contributed by atoms with van der Waals surface area (Å²) in [6.07, 6.45) is 0. The van der Waals surface area contributed by atoms with Crippen LogP contribution in [0.25, 0.3) is 5.32 Å². The van der Waals surface area contributed by atoms with Crippen molar-refractivity contribution < 1.29 is 0 Å². The fourth-order valence-corrected chi connectivity index (χ4v) is 0.706. The molecule has 42 valence electrons. The molecule has 1 heterocycles. The van der Waals surface area contributed by atoms with Gasteiger partial charge in [-0.1, -0.05) is 0 Å². The number of hydrogen-bond donors (Lipinski definition) is 0. The second-order valence-electron chi connectivity index (χ2n) is 1.97. The summed E-state index contributed by atoms with van der Waals surface area (Å²) in [5.74, 6) is 0. The summed E-state index contributed by atoms with van der Waals surface area (Å²) in [6, 6.07) is 0. The van der Waals surface area contributed by atoms with E-state index in [1.165, 1.54) is 0 Å². The lowest BCUT2D eigenvalue weighted by atomic mass is 10.4. The van der Waals surface area contributed by atoms with E-state index < -0.39 is 0 Å². The topological polar surface area (TPSA) is 17.3 Å². The van der Waals surface area contributed by atoms with E-state index in [1.54, 1.807) is 0 Å². The van der Waals surface area contributed by atoms with Crippen molar-refractivity contribution in [2.75, 3.05) is 33.2 Å². The Morgan fingerprint density at radius 3 is 2.14 bits per heavy atom. The molecule has 0 saturated carbocycles. The number of piperazine rings is 1. The highest BCUT2D eigenvalue weighted by Crippen LogP contribution is 1.96. The van der Waals surface area contributed by atoms with E-state index in [0.717, 1.165) is 26.2 Å². The predicted octanol–water partition coefficient (Wildman–Crippen LogP) is 0.305. The Morgan fingerprint density at radius 2 is 1.86 bits per heavy atom. The fraction of sp³-hybridized carbons (Fsp3) is 1.00. The summed E-state index contributed by atoms with van der Waals surface area (Å²) in [6.45, 7) is 4.38. The molecule has 1 fully saturated rings. The first-order valence-electron chi connectivity index (χ1n) is 2.71. The van der Waals surface area contributed by atoms with Gasteiger partial charge < -0.3 is 10.2 Å². The Balaban J connectivity index is 2.12. The molecule has 0 spiro atoms. The van der Waals surface area contributed by atoms with Crippen molar-refractivity contribution >= 4 is 0 Å². The third kappa shape index (κ3) is 1.45. The molecular formula is C5H11N2-. The molecule has 0 atom stereocenters. The first-order chi connectivity index (χ1) is 3.39. The lowest BCUT2D eigenvalue weighted by Crippen LogP contribution is -2.29. The van der Waals surface area contributed by atoms with Gasteiger partial charge in [0.1, 0.15) is 0 Å². The second kappa shape index (κ2) is 2.28. The molecule has 0 aromatic rings. The molecule has 1 aliphatic heterocycles. The van der Waals surface area contributed by atoms with Crippen molar-refractivity contribution in [1.82, 2.24) is 4.90 Å². The minimum absolute atomic E-state index is 1.04. The molecule has 0 unspecified atom stereocenters. The molecule has 2 nitrogen and oxygen atoms in total. The van der Waals surface area contributed by atoms with Gasteiger partial charge in [0.15, 0.2) is 0 Å². The van der Waals surface area contributed by atoms with Crippen LogP contribution in [0.4, 0.5) is 0 Å². The molecule has 0 N–H and O–H groups in total. The van der Waals surface area contributed by atoms with Crippen LogP contribution < -0.4 is 0 Å². The van der Waals surface area contributed by atoms with Crippen molar-refractivity contribution in [1.29, 1.82) is 0 Å². The highest BCUT2D eigenvalue weighted by atomic mass is 15.2. The Bertz CT molecular complexity index is 48.0. The molecule has 7 heavy (non-hydrogen) atoms. The van der Waals surface area contributed by atoms with Gasteiger partial charge in [0.05, 0.1) is 0 Å². The van der Waals surface area contributed by atoms with Crippen LogP contribution >= 0.6 is 0 Å². The molecule has 0 aromatic carbocycles. The van der Waals surface area contributed by atoms with Gasteiger partial charge in [-0.2, -0.15) is 0 Å². The maximum atomic E-state index is 4.19. The van der Waals surface area contributed by atoms with Crippen LogP contribution in [0.5, 0.6) is 0 Å². The van der Waals surface area contributed by atoms with E-state index in [-0.39, 0.29) is 0 Å². The summed E-state index contributed by atoms with van der Waals surface area (Å²) in [5.41, 5.74) is 0. The first kappa shape index (κ1) is 5.06. The number of rotatable bonds is 0. The normalized spacial score (nSPS) is 25.3. The maximum Gasteiger partial charge on any atom is -0.0135 e. The summed E-state index contributed by atoms with van der Waals surface area (Å²) in [4.78, 5) is 2.30. The molecule has 1 saturated heterocycles. The molecule has 0 bridgehead atoms. The highest BCUT2D eigenvalue weighted by molar-refractivity contribution is 4.86. The summed E-state index contributed by atoms with van der Waals surface area (Å²) in [7, 11) is 2.13. The number of nitrogens with zero attached hydrogens (tertiary/aromatic N) is 2. The van der Waals surface area contributed by atoms with E-state index in [4.69, 9.17) is 0 Å². The summed E-state index contributed by atoms with van der Waals surface area (Å²) in [5, 5.41) is 4.19. The van der Waals surface area contributed by atoms with Gasteiger partial charge in [-0.25, -0.2) is 0 Å². The van der Waals surface area contributed by atoms with Crippen molar-refractivity contribution in [2.45, 2.75) is 0 Å². The van der Waals surface area contributed by atoms with E-state index in [0.29, 0.717) is 0 Å². The monoisotopic (exact) mass is 99.1 g/mol. The lowest BCUT2D eigenvalue weighted by Gasteiger charge is -2.32. The minimum Gasteiger partial charge on any atom is -0.660 e. The molecule has 1 aliphatic rings. The Kier molecular flexibility index (Phi) is 1.65. The Morgan fingerprint density at radius 1 is 1.29 bits per heavy atom. The van der Waals surface area contributed by atoms with Gasteiger partial charge >= 0.3 is 0 Å². The average molecular weight is 99.2 g/mol. The SMILES string of the molecule is CN1CC[N-]CC1. The number of likely N-dealkylation sites (N-methyl/N-ethyl adjacent to an activating group) is 1. The standard InChI is InChI=1S/C5H11N2/c1-7-4-2-6-3-5-7/h2-5H2,1H3/q-1. The summed E-state index contributed by atoms with van der Waals surface area (Å²) < 4.78 is 0. The van der Waals surface area contributed by atoms with E-state index >= 15 is 0 Å². The molecule has 0 amide bonds. The van der Waals surface area contributed by atoms with Gasteiger partial charge in [-0.3, -0.25) is 0 Å². The van der Waals surface area contributed by atoms with Gasteiger partial charge in [-0.15, -0.1) is 13.1 Å². The van der Waals surface area contributed by atoms with Crippen LogP contribution in [-0.4, -0.2) is 38.1 Å². The Hall–Kier alpha value is -0.0800. The largest absolute Gasteiger partial charge is 0.660 e. The van der Waals surface area contributed by atoms with Crippen LogP contribution in [0, 0.1) is 0 Å². The molecule has 0 radical (unpaired) electrons. The van der Waals surface area contributed by atoms with Crippen LogP contribution in [0.15, 0.2) is 0 Å². The minimum atomic E-state index is 1.04. The van der Waals surface area contributed by atoms with Crippen molar-refractivity contribution in [3.05, 3.63) is 5.32 Å². The van der Waals surface area contributed by atoms with E-state index in [1.807, 2.05) is 0 Å². The maximum absolute atomic E-state index is 4.19. The smallest absolute Gasteiger partial charge is 0.0135 e. The fourth-order valence-electron chi connectivity index (χ4n) is 0.706. The predicted molar refractivity (Wildman–Crippen MR) is 30.6 cm³/mol. The third-order valence-corrected chi connectivity index (χ3v) is 1.28. The second-order valence-corrected chi connectivity index (χ2v) is 1.97. The zero-order valence-electron chi connectivity index (χ0n) is 4.72. The van der Waals surface area contributed by atoms with E-state index in [2.05, 4.69) is 17.3 Å². The van der Waals surface area contributed by atoms with Gasteiger partial charge in [0.2, 0.25) is 0 Å². The summed E-state index contributed by atoms with van der Waals surface area (Å²) >= 11 is 0. The third-order valence-electron chi connectivity index (χ3n) is 1.28. The Labute approximate surface area is 44.5 Å². The van der Waals surface area contributed by atoms with Gasteiger partial charge in [-0.05, 0) is 20.1 Å². The molecule has 0 aromatic heterocycles. The molecule has 1 rings (SSSR count). The van der Waals surface area contributed by atoms with Crippen molar-refractivity contribution in [2.24, 2.45) is 0 Å². The quantitative estimate of drug-likeness (QED) is 0.427. The van der Waals surface area contributed by atoms with Gasteiger partial charge in [0.25, 0.3) is 0 Å². The van der Waals surface area contributed by atoms with Crippen LogP contribution in [0.2, 0.25) is 0 Å². The number of hydrogen-bond acceptors (Lipinski definition) is 1. The zero-order valence-corrected chi connectivity index (χ0v) is 4.72. The zero-order chi connectivity index (χ0) is 5.11.